The lowest BCUT2D eigenvalue weighted by Crippen LogP contribution is -2.09. The van der Waals surface area contributed by atoms with Crippen molar-refractivity contribution in [1.29, 1.82) is 0 Å². The highest BCUT2D eigenvalue weighted by atomic mass is 15.1. The van der Waals surface area contributed by atoms with Gasteiger partial charge in [-0.25, -0.2) is 0 Å². The molecule has 3 aromatic rings. The van der Waals surface area contributed by atoms with Crippen LogP contribution in [0.25, 0.3) is 11.1 Å². The zero-order chi connectivity index (χ0) is 15.5. The maximum Gasteiger partial charge on any atom is 0.0410 e. The van der Waals surface area contributed by atoms with Crippen LogP contribution in [0.15, 0.2) is 72.8 Å². The molecule has 1 nitrogen and oxygen atoms in total. The molecule has 0 saturated heterocycles. The zero-order valence-electron chi connectivity index (χ0n) is 13.4. The van der Waals surface area contributed by atoms with E-state index in [0.29, 0.717) is 0 Å². The summed E-state index contributed by atoms with van der Waals surface area (Å²) in [6.07, 6.45) is 0. The number of aryl methyl sites for hydroxylation is 2. The highest BCUT2D eigenvalue weighted by Gasteiger charge is 2.04. The molecule has 0 radical (unpaired) electrons. The van der Waals surface area contributed by atoms with E-state index < -0.39 is 0 Å². The summed E-state index contributed by atoms with van der Waals surface area (Å²) in [6.45, 7) is 4.24. The molecule has 3 rings (SSSR count). The molecule has 0 heterocycles. The molecule has 0 aromatic heterocycles. The van der Waals surface area contributed by atoms with Gasteiger partial charge in [-0.1, -0.05) is 54.1 Å². The maximum atomic E-state index is 2.21. The van der Waals surface area contributed by atoms with Gasteiger partial charge in [-0.3, -0.25) is 0 Å². The topological polar surface area (TPSA) is 3.24 Å². The minimum atomic E-state index is 1.20. The van der Waals surface area contributed by atoms with E-state index in [4.69, 9.17) is 0 Å². The molecule has 110 valence electrons. The summed E-state index contributed by atoms with van der Waals surface area (Å²) in [4.78, 5) is 2.21. The molecule has 1 heteroatoms. The van der Waals surface area contributed by atoms with Crippen LogP contribution < -0.4 is 4.90 Å². The van der Waals surface area contributed by atoms with Gasteiger partial charge < -0.3 is 4.90 Å². The Kier molecular flexibility index (Phi) is 3.97. The number of rotatable bonds is 3. The molecule has 0 aliphatic rings. The molecule has 22 heavy (non-hydrogen) atoms. The fourth-order valence-electron chi connectivity index (χ4n) is 2.61. The quantitative estimate of drug-likeness (QED) is 0.594. The largest absolute Gasteiger partial charge is 0.345 e. The van der Waals surface area contributed by atoms with Crippen LogP contribution in [0.4, 0.5) is 11.4 Å². The van der Waals surface area contributed by atoms with Gasteiger partial charge >= 0.3 is 0 Å². The minimum absolute atomic E-state index is 1.20. The van der Waals surface area contributed by atoms with Crippen LogP contribution in [0.1, 0.15) is 11.1 Å². The van der Waals surface area contributed by atoms with Gasteiger partial charge in [0.25, 0.3) is 0 Å². The lowest BCUT2D eigenvalue weighted by molar-refractivity contribution is 1.20. The van der Waals surface area contributed by atoms with Crippen molar-refractivity contribution in [3.8, 4) is 11.1 Å². The first-order valence-corrected chi connectivity index (χ1v) is 7.61. The summed E-state index contributed by atoms with van der Waals surface area (Å²) < 4.78 is 0. The number of nitrogens with zero attached hydrogens (tertiary/aromatic N) is 1. The van der Waals surface area contributed by atoms with Crippen LogP contribution in [-0.4, -0.2) is 7.05 Å². The third-order valence-corrected chi connectivity index (χ3v) is 4.03. The molecule has 0 spiro atoms. The Morgan fingerprint density at radius 1 is 0.591 bits per heavy atom. The first-order chi connectivity index (χ1) is 10.6. The predicted molar refractivity (Wildman–Crippen MR) is 95.9 cm³/mol. The molecular weight excluding hydrogens is 266 g/mol. The minimum Gasteiger partial charge on any atom is -0.345 e. The van der Waals surface area contributed by atoms with E-state index >= 15 is 0 Å². The molecule has 0 aliphatic carbocycles. The Morgan fingerprint density at radius 3 is 1.77 bits per heavy atom. The summed E-state index contributed by atoms with van der Waals surface area (Å²) in [5.41, 5.74) is 7.49. The van der Waals surface area contributed by atoms with E-state index in [1.807, 2.05) is 0 Å². The molecule has 0 aliphatic heterocycles. The van der Waals surface area contributed by atoms with E-state index in [2.05, 4.69) is 98.6 Å². The molecule has 0 saturated carbocycles. The lowest BCUT2D eigenvalue weighted by atomic mass is 10.0. The van der Waals surface area contributed by atoms with Gasteiger partial charge in [0.2, 0.25) is 0 Å². The molecule has 0 amide bonds. The Bertz CT molecular complexity index is 755. The van der Waals surface area contributed by atoms with Gasteiger partial charge in [0, 0.05) is 18.4 Å². The van der Waals surface area contributed by atoms with Crippen molar-refractivity contribution in [1.82, 2.24) is 0 Å². The van der Waals surface area contributed by atoms with Crippen LogP contribution in [0, 0.1) is 13.8 Å². The maximum absolute atomic E-state index is 2.21. The zero-order valence-corrected chi connectivity index (χ0v) is 13.4. The highest BCUT2D eigenvalue weighted by molar-refractivity contribution is 5.69. The van der Waals surface area contributed by atoms with E-state index in [-0.39, 0.29) is 0 Å². The second-order valence-corrected chi connectivity index (χ2v) is 5.81. The van der Waals surface area contributed by atoms with E-state index in [9.17, 15) is 0 Å². The van der Waals surface area contributed by atoms with Gasteiger partial charge in [-0.05, 0) is 54.8 Å². The smallest absolute Gasteiger partial charge is 0.0410 e. The molecule has 0 unspecified atom stereocenters. The third-order valence-electron chi connectivity index (χ3n) is 4.03. The van der Waals surface area contributed by atoms with E-state index in [0.717, 1.165) is 0 Å². The van der Waals surface area contributed by atoms with Gasteiger partial charge in [0.15, 0.2) is 0 Å². The molecule has 0 N–H and O–H groups in total. The van der Waals surface area contributed by atoms with Crippen molar-refractivity contribution >= 4 is 11.4 Å². The van der Waals surface area contributed by atoms with E-state index in [1.54, 1.807) is 0 Å². The van der Waals surface area contributed by atoms with Gasteiger partial charge in [-0.2, -0.15) is 0 Å². The third kappa shape index (κ3) is 3.04. The van der Waals surface area contributed by atoms with Crippen molar-refractivity contribution < 1.29 is 0 Å². The number of hydrogen-bond acceptors (Lipinski definition) is 1. The van der Waals surface area contributed by atoms with Crippen molar-refractivity contribution in [3.63, 3.8) is 0 Å². The highest BCUT2D eigenvalue weighted by Crippen LogP contribution is 2.27. The first-order valence-electron chi connectivity index (χ1n) is 7.61. The van der Waals surface area contributed by atoms with Crippen LogP contribution in [0.2, 0.25) is 0 Å². The fourth-order valence-corrected chi connectivity index (χ4v) is 2.61. The van der Waals surface area contributed by atoms with Crippen molar-refractivity contribution in [2.75, 3.05) is 11.9 Å². The van der Waals surface area contributed by atoms with Crippen LogP contribution in [-0.2, 0) is 0 Å². The average molecular weight is 287 g/mol. The SMILES string of the molecule is Cc1ccc(-c2ccc(N(C)c3cccc(C)c3)cc2)cc1. The number of anilines is 2. The summed E-state index contributed by atoms with van der Waals surface area (Å²) >= 11 is 0. The second-order valence-electron chi connectivity index (χ2n) is 5.81. The van der Waals surface area contributed by atoms with Crippen LogP contribution in [0.3, 0.4) is 0 Å². The Hall–Kier alpha value is -2.54. The molecule has 0 fully saturated rings. The molecule has 3 aromatic carbocycles. The Labute approximate surface area is 132 Å². The van der Waals surface area contributed by atoms with Gasteiger partial charge in [0.1, 0.15) is 0 Å². The van der Waals surface area contributed by atoms with Crippen LogP contribution in [0.5, 0.6) is 0 Å². The van der Waals surface area contributed by atoms with Crippen molar-refractivity contribution in [3.05, 3.63) is 83.9 Å². The van der Waals surface area contributed by atoms with Crippen LogP contribution >= 0.6 is 0 Å². The van der Waals surface area contributed by atoms with Crippen molar-refractivity contribution in [2.24, 2.45) is 0 Å². The normalized spacial score (nSPS) is 10.5. The average Bonchev–Trinajstić information content (AvgIpc) is 2.55. The first kappa shape index (κ1) is 14.4. The van der Waals surface area contributed by atoms with Gasteiger partial charge in [0.05, 0.1) is 0 Å². The van der Waals surface area contributed by atoms with Crippen molar-refractivity contribution in [2.45, 2.75) is 13.8 Å². The second kappa shape index (κ2) is 6.07. The number of hydrogen-bond donors (Lipinski definition) is 0. The summed E-state index contributed by atoms with van der Waals surface area (Å²) in [5.74, 6) is 0. The van der Waals surface area contributed by atoms with Gasteiger partial charge in [-0.15, -0.1) is 0 Å². The number of benzene rings is 3. The summed E-state index contributed by atoms with van der Waals surface area (Å²) in [5, 5.41) is 0. The van der Waals surface area contributed by atoms with E-state index in [1.165, 1.54) is 33.6 Å². The standard InChI is InChI=1S/C21H21N/c1-16-7-9-18(10-8-16)19-11-13-20(14-12-19)22(3)21-6-4-5-17(2)15-21/h4-15H,1-3H3. The summed E-state index contributed by atoms with van der Waals surface area (Å²) in [6, 6.07) is 26.0. The lowest BCUT2D eigenvalue weighted by Gasteiger charge is -2.20. The summed E-state index contributed by atoms with van der Waals surface area (Å²) in [7, 11) is 2.11. The predicted octanol–water partition coefficient (Wildman–Crippen LogP) is 5.74. The molecular formula is C21H21N. The Balaban J connectivity index is 1.86. The molecule has 0 atom stereocenters. The Morgan fingerprint density at radius 2 is 1.18 bits per heavy atom. The monoisotopic (exact) mass is 287 g/mol. The molecule has 0 bridgehead atoms. The fraction of sp³-hybridized carbons (Fsp3) is 0.143.